The van der Waals surface area contributed by atoms with Crippen LogP contribution in [0, 0.1) is 11.8 Å². The van der Waals surface area contributed by atoms with Gasteiger partial charge in [-0.1, -0.05) is 33.1 Å². The Hall–Kier alpha value is -0.120. The van der Waals surface area contributed by atoms with Crippen LogP contribution >= 0.6 is 0 Å². The van der Waals surface area contributed by atoms with Crippen LogP contribution in [0.4, 0.5) is 0 Å². The maximum Gasteiger partial charge on any atom is 0.0765 e. The monoisotopic (exact) mass is 242 g/mol. The average molecular weight is 242 g/mol. The van der Waals surface area contributed by atoms with E-state index in [9.17, 15) is 0 Å². The highest BCUT2D eigenvalue weighted by atomic mass is 16.5. The van der Waals surface area contributed by atoms with Crippen molar-refractivity contribution in [2.45, 2.75) is 70.9 Å². The summed E-state index contributed by atoms with van der Waals surface area (Å²) in [6, 6.07) is 0.311. The third-order valence-electron chi connectivity index (χ3n) is 4.05. The number of hydrogen-bond acceptors (Lipinski definition) is 3. The van der Waals surface area contributed by atoms with Gasteiger partial charge in [-0.05, 0) is 37.5 Å². The molecule has 0 amide bonds. The Bertz CT molecular complexity index is 191. The summed E-state index contributed by atoms with van der Waals surface area (Å²) in [5.74, 6) is 7.14. The van der Waals surface area contributed by atoms with Gasteiger partial charge in [-0.2, -0.15) is 0 Å². The number of methoxy groups -OCH3 is 1. The van der Waals surface area contributed by atoms with Crippen molar-refractivity contribution in [3.63, 3.8) is 0 Å². The van der Waals surface area contributed by atoms with Gasteiger partial charge < -0.3 is 4.74 Å². The Labute approximate surface area is 106 Å². The van der Waals surface area contributed by atoms with Gasteiger partial charge in [-0.15, -0.1) is 0 Å². The lowest BCUT2D eigenvalue weighted by atomic mass is 9.81. The molecule has 2 unspecified atom stereocenters. The molecule has 1 aliphatic carbocycles. The summed E-state index contributed by atoms with van der Waals surface area (Å²) in [4.78, 5) is 0. The van der Waals surface area contributed by atoms with Crippen molar-refractivity contribution in [1.29, 1.82) is 0 Å². The highest BCUT2D eigenvalue weighted by molar-refractivity contribution is 4.83. The van der Waals surface area contributed by atoms with E-state index in [2.05, 4.69) is 19.3 Å². The molecule has 1 saturated carbocycles. The SMILES string of the molecule is COC(C1CCCCC1)C(CCC(C)C)NN. The van der Waals surface area contributed by atoms with Crippen LogP contribution in [0.2, 0.25) is 0 Å². The maximum atomic E-state index is 5.73. The van der Waals surface area contributed by atoms with Gasteiger partial charge in [-0.25, -0.2) is 0 Å². The Kier molecular flexibility index (Phi) is 7.09. The van der Waals surface area contributed by atoms with E-state index in [0.29, 0.717) is 18.1 Å². The first kappa shape index (κ1) is 14.9. The van der Waals surface area contributed by atoms with Gasteiger partial charge in [0, 0.05) is 13.2 Å². The van der Waals surface area contributed by atoms with Crippen LogP contribution in [0.1, 0.15) is 58.8 Å². The second-order valence-electron chi connectivity index (χ2n) is 5.84. The van der Waals surface area contributed by atoms with Crippen molar-refractivity contribution >= 4 is 0 Å². The van der Waals surface area contributed by atoms with E-state index in [0.717, 1.165) is 12.3 Å². The van der Waals surface area contributed by atoms with Crippen molar-refractivity contribution < 1.29 is 4.74 Å². The van der Waals surface area contributed by atoms with E-state index in [1.807, 2.05) is 7.11 Å². The Morgan fingerprint density at radius 1 is 1.18 bits per heavy atom. The lowest BCUT2D eigenvalue weighted by Gasteiger charge is -2.34. The van der Waals surface area contributed by atoms with E-state index >= 15 is 0 Å². The van der Waals surface area contributed by atoms with Gasteiger partial charge in [0.15, 0.2) is 0 Å². The molecule has 0 radical (unpaired) electrons. The fourth-order valence-electron chi connectivity index (χ4n) is 3.00. The molecule has 3 N–H and O–H groups in total. The van der Waals surface area contributed by atoms with Crippen LogP contribution in [0.25, 0.3) is 0 Å². The number of hydrogen-bond donors (Lipinski definition) is 2. The van der Waals surface area contributed by atoms with Crippen LogP contribution in [-0.2, 0) is 4.74 Å². The Morgan fingerprint density at radius 2 is 1.82 bits per heavy atom. The number of nitrogens with two attached hydrogens (primary N) is 1. The molecular weight excluding hydrogens is 212 g/mol. The molecule has 3 heteroatoms. The maximum absolute atomic E-state index is 5.73. The summed E-state index contributed by atoms with van der Waals surface area (Å²) in [7, 11) is 1.83. The van der Waals surface area contributed by atoms with Gasteiger partial charge in [0.2, 0.25) is 0 Å². The second-order valence-corrected chi connectivity index (χ2v) is 5.84. The van der Waals surface area contributed by atoms with Crippen molar-refractivity contribution in [3.8, 4) is 0 Å². The van der Waals surface area contributed by atoms with E-state index in [1.165, 1.54) is 38.5 Å². The van der Waals surface area contributed by atoms with Gasteiger partial charge >= 0.3 is 0 Å². The molecule has 0 heterocycles. The van der Waals surface area contributed by atoms with E-state index < -0.39 is 0 Å². The molecule has 1 aliphatic rings. The highest BCUT2D eigenvalue weighted by Crippen LogP contribution is 2.30. The third kappa shape index (κ3) is 4.94. The molecule has 1 fully saturated rings. The molecular formula is C14H30N2O. The lowest BCUT2D eigenvalue weighted by molar-refractivity contribution is 0.00487. The largest absolute Gasteiger partial charge is 0.379 e. The summed E-state index contributed by atoms with van der Waals surface area (Å²) in [6.45, 7) is 4.52. The van der Waals surface area contributed by atoms with Gasteiger partial charge in [0.1, 0.15) is 0 Å². The molecule has 0 bridgehead atoms. The molecule has 0 spiro atoms. The molecule has 102 valence electrons. The number of hydrazine groups is 1. The minimum atomic E-state index is 0.291. The summed E-state index contributed by atoms with van der Waals surface area (Å²) in [5, 5.41) is 0. The summed E-state index contributed by atoms with van der Waals surface area (Å²) < 4.78 is 5.73. The summed E-state index contributed by atoms with van der Waals surface area (Å²) in [6.07, 6.45) is 9.32. The van der Waals surface area contributed by atoms with Gasteiger partial charge in [-0.3, -0.25) is 11.3 Å². The highest BCUT2D eigenvalue weighted by Gasteiger charge is 2.29. The number of nitrogens with one attached hydrogen (secondary N) is 1. The van der Waals surface area contributed by atoms with Crippen molar-refractivity contribution in [1.82, 2.24) is 5.43 Å². The van der Waals surface area contributed by atoms with Gasteiger partial charge in [0.25, 0.3) is 0 Å². The predicted molar refractivity (Wildman–Crippen MR) is 72.6 cm³/mol. The lowest BCUT2D eigenvalue weighted by Crippen LogP contribution is -2.48. The van der Waals surface area contributed by atoms with Crippen molar-refractivity contribution in [3.05, 3.63) is 0 Å². The molecule has 0 aromatic heterocycles. The van der Waals surface area contributed by atoms with Crippen molar-refractivity contribution in [2.75, 3.05) is 7.11 Å². The van der Waals surface area contributed by atoms with Crippen LogP contribution in [-0.4, -0.2) is 19.3 Å². The minimum absolute atomic E-state index is 0.291. The Morgan fingerprint density at radius 3 is 2.29 bits per heavy atom. The fourth-order valence-corrected chi connectivity index (χ4v) is 3.00. The molecule has 3 nitrogen and oxygen atoms in total. The van der Waals surface area contributed by atoms with E-state index in [-0.39, 0.29) is 0 Å². The van der Waals surface area contributed by atoms with E-state index in [1.54, 1.807) is 0 Å². The molecule has 0 aromatic carbocycles. The fraction of sp³-hybridized carbons (Fsp3) is 1.00. The second kappa shape index (κ2) is 8.06. The predicted octanol–water partition coefficient (Wildman–Crippen LogP) is 2.85. The zero-order valence-corrected chi connectivity index (χ0v) is 11.7. The van der Waals surface area contributed by atoms with Gasteiger partial charge in [0.05, 0.1) is 6.10 Å². The average Bonchev–Trinajstić information content (AvgIpc) is 2.35. The molecule has 0 saturated heterocycles. The zero-order chi connectivity index (χ0) is 12.7. The van der Waals surface area contributed by atoms with Crippen LogP contribution in [0.5, 0.6) is 0 Å². The first-order chi connectivity index (χ1) is 8.19. The van der Waals surface area contributed by atoms with Crippen molar-refractivity contribution in [2.24, 2.45) is 17.7 Å². The molecule has 0 aliphatic heterocycles. The summed E-state index contributed by atoms with van der Waals surface area (Å²) in [5.41, 5.74) is 2.98. The van der Waals surface area contributed by atoms with E-state index in [4.69, 9.17) is 10.6 Å². The zero-order valence-electron chi connectivity index (χ0n) is 11.7. The van der Waals surface area contributed by atoms with Crippen LogP contribution in [0.3, 0.4) is 0 Å². The molecule has 0 aromatic rings. The smallest absolute Gasteiger partial charge is 0.0765 e. The Balaban J connectivity index is 2.48. The molecule has 17 heavy (non-hydrogen) atoms. The molecule has 2 atom stereocenters. The third-order valence-corrected chi connectivity index (χ3v) is 4.05. The quantitative estimate of drug-likeness (QED) is 0.533. The first-order valence-electron chi connectivity index (χ1n) is 7.18. The van der Waals surface area contributed by atoms with Crippen LogP contribution < -0.4 is 11.3 Å². The molecule has 1 rings (SSSR count). The summed E-state index contributed by atoms with van der Waals surface area (Å²) >= 11 is 0. The topological polar surface area (TPSA) is 47.3 Å². The minimum Gasteiger partial charge on any atom is -0.379 e. The first-order valence-corrected chi connectivity index (χ1v) is 7.18. The number of rotatable bonds is 7. The number of ether oxygens (including phenoxy) is 1. The normalized spacial score (nSPS) is 21.7. The van der Waals surface area contributed by atoms with Crippen LogP contribution in [0.15, 0.2) is 0 Å². The standard InChI is InChI=1S/C14H30N2O/c1-11(2)9-10-13(16-15)14(17-3)12-7-5-4-6-8-12/h11-14,16H,4-10,15H2,1-3H3.